The fourth-order valence-electron chi connectivity index (χ4n) is 1.43. The molecule has 0 unspecified atom stereocenters. The summed E-state index contributed by atoms with van der Waals surface area (Å²) in [6.07, 6.45) is 3.02. The minimum atomic E-state index is -2.87. The Kier molecular flexibility index (Phi) is 3.57. The number of benzene rings is 1. The van der Waals surface area contributed by atoms with Crippen molar-refractivity contribution in [3.8, 4) is 5.75 Å². The van der Waals surface area contributed by atoms with Gasteiger partial charge in [0, 0.05) is 6.20 Å². The molecule has 0 saturated heterocycles. The van der Waals surface area contributed by atoms with Gasteiger partial charge in [-0.15, -0.1) is 0 Å². The molecule has 0 aliphatic carbocycles. The summed E-state index contributed by atoms with van der Waals surface area (Å²) < 4.78 is 28.9. The van der Waals surface area contributed by atoms with E-state index in [1.165, 1.54) is 12.3 Å². The molecule has 3 N–H and O–H groups in total. The summed E-state index contributed by atoms with van der Waals surface area (Å²) in [5, 5.41) is 2.92. The summed E-state index contributed by atoms with van der Waals surface area (Å²) in [5.74, 6) is 0.0590. The summed E-state index contributed by atoms with van der Waals surface area (Å²) >= 11 is 0. The van der Waals surface area contributed by atoms with E-state index in [-0.39, 0.29) is 5.75 Å². The molecule has 2 aromatic rings. The normalized spacial score (nSPS) is 10.4. The lowest BCUT2D eigenvalue weighted by Gasteiger charge is -2.13. The third-order valence-electron chi connectivity index (χ3n) is 2.22. The molecular formula is C12H11F2N3O. The number of halogens is 2. The number of alkyl halides is 2. The minimum absolute atomic E-state index is 0.0590. The number of nitrogens with zero attached hydrogens (tertiary/aromatic N) is 1. The summed E-state index contributed by atoms with van der Waals surface area (Å²) in [4.78, 5) is 3.84. The Morgan fingerprint density at radius 1 is 1.17 bits per heavy atom. The van der Waals surface area contributed by atoms with E-state index in [0.717, 1.165) is 0 Å². The highest BCUT2D eigenvalue weighted by Crippen LogP contribution is 2.30. The highest BCUT2D eigenvalue weighted by Gasteiger charge is 2.09. The van der Waals surface area contributed by atoms with Crippen LogP contribution in [-0.4, -0.2) is 11.6 Å². The number of aromatic nitrogens is 1. The molecule has 0 aliphatic heterocycles. The quantitative estimate of drug-likeness (QED) is 0.876. The molecule has 0 bridgehead atoms. The monoisotopic (exact) mass is 251 g/mol. The predicted octanol–water partition coefficient (Wildman–Crippen LogP) is 3.01. The molecule has 6 heteroatoms. The Bertz CT molecular complexity index is 534. The number of nitrogens with one attached hydrogen (secondary N) is 1. The van der Waals surface area contributed by atoms with Crippen molar-refractivity contribution in [2.45, 2.75) is 6.61 Å². The maximum absolute atomic E-state index is 12.2. The fourth-order valence-corrected chi connectivity index (χ4v) is 1.43. The largest absolute Gasteiger partial charge is 0.433 e. The first-order valence-electron chi connectivity index (χ1n) is 5.17. The number of nitrogens with two attached hydrogens (primary N) is 1. The van der Waals surface area contributed by atoms with Gasteiger partial charge in [0.05, 0.1) is 23.3 Å². The van der Waals surface area contributed by atoms with Crippen LogP contribution in [-0.2, 0) is 0 Å². The highest BCUT2D eigenvalue weighted by atomic mass is 19.3. The van der Waals surface area contributed by atoms with Gasteiger partial charge >= 0.3 is 6.61 Å². The maximum Gasteiger partial charge on any atom is 0.387 e. The first-order chi connectivity index (χ1) is 8.66. The zero-order valence-corrected chi connectivity index (χ0v) is 9.31. The second-order valence-electron chi connectivity index (χ2n) is 3.46. The van der Waals surface area contributed by atoms with E-state index in [1.54, 1.807) is 30.5 Å². The van der Waals surface area contributed by atoms with Gasteiger partial charge in [-0.25, -0.2) is 0 Å². The van der Waals surface area contributed by atoms with Crippen molar-refractivity contribution in [2.24, 2.45) is 0 Å². The Balaban J connectivity index is 2.26. The molecule has 2 rings (SSSR count). The lowest BCUT2D eigenvalue weighted by Crippen LogP contribution is -2.05. The average molecular weight is 251 g/mol. The second kappa shape index (κ2) is 5.31. The van der Waals surface area contributed by atoms with Gasteiger partial charge in [-0.2, -0.15) is 8.78 Å². The molecule has 0 fully saturated rings. The lowest BCUT2D eigenvalue weighted by atomic mass is 10.2. The third kappa shape index (κ3) is 2.85. The van der Waals surface area contributed by atoms with Gasteiger partial charge in [0.25, 0.3) is 0 Å². The van der Waals surface area contributed by atoms with E-state index in [1.807, 2.05) is 0 Å². The van der Waals surface area contributed by atoms with E-state index in [4.69, 9.17) is 5.73 Å². The zero-order chi connectivity index (χ0) is 13.0. The summed E-state index contributed by atoms with van der Waals surface area (Å²) in [7, 11) is 0. The van der Waals surface area contributed by atoms with Crippen molar-refractivity contribution in [1.82, 2.24) is 4.98 Å². The standard InChI is InChI=1S/C12H11F2N3O/c13-12(14)18-11-4-2-1-3-10(11)17-9-5-6-16-7-8(9)15/h1-7,12H,15H2,(H,16,17). The number of nitrogen functional groups attached to an aromatic ring is 1. The molecule has 0 spiro atoms. The van der Waals surface area contributed by atoms with Gasteiger partial charge in [0.2, 0.25) is 0 Å². The van der Waals surface area contributed by atoms with E-state index < -0.39 is 6.61 Å². The summed E-state index contributed by atoms with van der Waals surface area (Å²) in [6.45, 7) is -2.87. The van der Waals surface area contributed by atoms with Crippen LogP contribution in [0.1, 0.15) is 0 Å². The topological polar surface area (TPSA) is 60.2 Å². The van der Waals surface area contributed by atoms with Crippen LogP contribution in [0.15, 0.2) is 42.7 Å². The number of para-hydroxylation sites is 2. The summed E-state index contributed by atoms with van der Waals surface area (Å²) in [5.41, 5.74) is 7.12. The minimum Gasteiger partial charge on any atom is -0.433 e. The molecular weight excluding hydrogens is 240 g/mol. The van der Waals surface area contributed by atoms with Crippen molar-refractivity contribution in [3.63, 3.8) is 0 Å². The van der Waals surface area contributed by atoms with E-state index in [2.05, 4.69) is 15.0 Å². The average Bonchev–Trinajstić information content (AvgIpc) is 2.34. The molecule has 18 heavy (non-hydrogen) atoms. The van der Waals surface area contributed by atoms with Crippen molar-refractivity contribution >= 4 is 17.1 Å². The van der Waals surface area contributed by atoms with Crippen molar-refractivity contribution < 1.29 is 13.5 Å². The molecule has 0 aliphatic rings. The van der Waals surface area contributed by atoms with Crippen LogP contribution < -0.4 is 15.8 Å². The second-order valence-corrected chi connectivity index (χ2v) is 3.46. The number of anilines is 3. The van der Waals surface area contributed by atoms with Gasteiger partial charge in [0.1, 0.15) is 5.75 Å². The van der Waals surface area contributed by atoms with Crippen LogP contribution in [0.2, 0.25) is 0 Å². The molecule has 1 aromatic carbocycles. The Labute approximate surface area is 102 Å². The third-order valence-corrected chi connectivity index (χ3v) is 2.22. The Morgan fingerprint density at radius 2 is 1.94 bits per heavy atom. The highest BCUT2D eigenvalue weighted by molar-refractivity contribution is 5.74. The first-order valence-corrected chi connectivity index (χ1v) is 5.17. The van der Waals surface area contributed by atoms with Crippen molar-refractivity contribution in [1.29, 1.82) is 0 Å². The van der Waals surface area contributed by atoms with Gasteiger partial charge in [-0.05, 0) is 18.2 Å². The van der Waals surface area contributed by atoms with Crippen LogP contribution >= 0.6 is 0 Å². The molecule has 1 aromatic heterocycles. The van der Waals surface area contributed by atoms with Crippen LogP contribution in [0.3, 0.4) is 0 Å². The fraction of sp³-hybridized carbons (Fsp3) is 0.0833. The van der Waals surface area contributed by atoms with Gasteiger partial charge in [0.15, 0.2) is 0 Å². The number of hydrogen-bond acceptors (Lipinski definition) is 4. The smallest absolute Gasteiger partial charge is 0.387 e. The van der Waals surface area contributed by atoms with E-state index >= 15 is 0 Å². The number of pyridine rings is 1. The number of ether oxygens (including phenoxy) is 1. The summed E-state index contributed by atoms with van der Waals surface area (Å²) in [6, 6.07) is 8.04. The van der Waals surface area contributed by atoms with E-state index in [9.17, 15) is 8.78 Å². The van der Waals surface area contributed by atoms with Crippen LogP contribution in [0, 0.1) is 0 Å². The van der Waals surface area contributed by atoms with Crippen molar-refractivity contribution in [3.05, 3.63) is 42.7 Å². The first kappa shape index (κ1) is 12.1. The van der Waals surface area contributed by atoms with Gasteiger partial charge in [-0.3, -0.25) is 4.98 Å². The molecule has 0 amide bonds. The van der Waals surface area contributed by atoms with Crippen LogP contribution in [0.5, 0.6) is 5.75 Å². The number of rotatable bonds is 4. The SMILES string of the molecule is Nc1cnccc1Nc1ccccc1OC(F)F. The van der Waals surface area contributed by atoms with Crippen LogP contribution in [0.25, 0.3) is 0 Å². The maximum atomic E-state index is 12.2. The Hall–Kier alpha value is -2.37. The molecule has 0 saturated carbocycles. The predicted molar refractivity (Wildman–Crippen MR) is 65.0 cm³/mol. The van der Waals surface area contributed by atoms with E-state index in [0.29, 0.717) is 17.1 Å². The molecule has 1 heterocycles. The molecule has 0 atom stereocenters. The lowest BCUT2D eigenvalue weighted by molar-refractivity contribution is -0.0493. The van der Waals surface area contributed by atoms with Gasteiger partial charge < -0.3 is 15.8 Å². The molecule has 0 radical (unpaired) electrons. The zero-order valence-electron chi connectivity index (χ0n) is 9.31. The Morgan fingerprint density at radius 3 is 2.67 bits per heavy atom. The van der Waals surface area contributed by atoms with Crippen LogP contribution in [0.4, 0.5) is 25.8 Å². The number of hydrogen-bond donors (Lipinski definition) is 2. The van der Waals surface area contributed by atoms with Gasteiger partial charge in [-0.1, -0.05) is 12.1 Å². The molecule has 94 valence electrons. The van der Waals surface area contributed by atoms with Crippen molar-refractivity contribution in [2.75, 3.05) is 11.1 Å². The molecule has 4 nitrogen and oxygen atoms in total.